The van der Waals surface area contributed by atoms with Gasteiger partial charge in [0.05, 0.1) is 12.7 Å². The van der Waals surface area contributed by atoms with Crippen LogP contribution in [0.2, 0.25) is 0 Å². The second-order valence-electron chi connectivity index (χ2n) is 5.31. The normalized spacial score (nSPS) is 29.3. The molecule has 0 aliphatic carbocycles. The Labute approximate surface area is 116 Å². The Kier molecular flexibility index (Phi) is 3.52. The number of benzene rings is 1. The SMILES string of the molecule is COc1c(F)cccc1C(=O)C1CC2CCC(C1)S2. The predicted octanol–water partition coefficient (Wildman–Crippen LogP) is 3.69. The molecule has 2 saturated heterocycles. The van der Waals surface area contributed by atoms with Gasteiger partial charge in [0.15, 0.2) is 17.3 Å². The molecule has 2 aliphatic rings. The summed E-state index contributed by atoms with van der Waals surface area (Å²) in [6.45, 7) is 0. The van der Waals surface area contributed by atoms with Crippen molar-refractivity contribution in [1.82, 2.24) is 0 Å². The Bertz CT molecular complexity index is 491. The first-order valence-corrected chi connectivity index (χ1v) is 7.65. The third kappa shape index (κ3) is 2.38. The number of ketones is 1. The van der Waals surface area contributed by atoms with Crippen LogP contribution in [0.3, 0.4) is 0 Å². The van der Waals surface area contributed by atoms with Crippen LogP contribution in [0.5, 0.6) is 5.75 Å². The summed E-state index contributed by atoms with van der Waals surface area (Å²) >= 11 is 2.02. The van der Waals surface area contributed by atoms with Crippen molar-refractivity contribution in [2.45, 2.75) is 36.2 Å². The number of methoxy groups -OCH3 is 1. The number of rotatable bonds is 3. The number of hydrogen-bond acceptors (Lipinski definition) is 3. The van der Waals surface area contributed by atoms with E-state index in [4.69, 9.17) is 4.74 Å². The summed E-state index contributed by atoms with van der Waals surface area (Å²) in [5.74, 6) is -0.275. The number of halogens is 1. The van der Waals surface area contributed by atoms with Crippen LogP contribution < -0.4 is 4.74 Å². The van der Waals surface area contributed by atoms with Crippen LogP contribution in [-0.4, -0.2) is 23.4 Å². The van der Waals surface area contributed by atoms with Crippen molar-refractivity contribution in [3.63, 3.8) is 0 Å². The van der Waals surface area contributed by atoms with E-state index in [1.807, 2.05) is 11.8 Å². The molecule has 2 fully saturated rings. The number of thioether (sulfide) groups is 1. The topological polar surface area (TPSA) is 26.3 Å². The Balaban J connectivity index is 1.86. The standard InChI is InChI=1S/C15H17FO2S/c1-18-15-12(3-2-4-13(15)16)14(17)9-7-10-5-6-11(8-9)19-10/h2-4,9-11H,5-8H2,1H3. The summed E-state index contributed by atoms with van der Waals surface area (Å²) in [5, 5.41) is 1.24. The van der Waals surface area contributed by atoms with Gasteiger partial charge in [-0.3, -0.25) is 4.79 Å². The van der Waals surface area contributed by atoms with Crippen LogP contribution in [0, 0.1) is 11.7 Å². The minimum atomic E-state index is -0.457. The van der Waals surface area contributed by atoms with Gasteiger partial charge >= 0.3 is 0 Å². The fraction of sp³-hybridized carbons (Fsp3) is 0.533. The lowest BCUT2D eigenvalue weighted by Crippen LogP contribution is -2.25. The van der Waals surface area contributed by atoms with Gasteiger partial charge in [-0.1, -0.05) is 6.07 Å². The number of fused-ring (bicyclic) bond motifs is 2. The Morgan fingerprint density at radius 1 is 1.32 bits per heavy atom. The first-order valence-electron chi connectivity index (χ1n) is 6.71. The first kappa shape index (κ1) is 13.0. The molecule has 19 heavy (non-hydrogen) atoms. The molecule has 0 N–H and O–H groups in total. The van der Waals surface area contributed by atoms with Gasteiger partial charge < -0.3 is 4.74 Å². The second kappa shape index (κ2) is 5.16. The first-order chi connectivity index (χ1) is 9.19. The summed E-state index contributed by atoms with van der Waals surface area (Å²) in [6.07, 6.45) is 4.30. The molecule has 1 aromatic carbocycles. The van der Waals surface area contributed by atoms with Crippen molar-refractivity contribution >= 4 is 17.5 Å². The van der Waals surface area contributed by atoms with Crippen molar-refractivity contribution in [2.24, 2.45) is 5.92 Å². The summed E-state index contributed by atoms with van der Waals surface area (Å²) in [7, 11) is 1.41. The fourth-order valence-corrected chi connectivity index (χ4v) is 4.98. The van der Waals surface area contributed by atoms with E-state index >= 15 is 0 Å². The molecule has 0 amide bonds. The summed E-state index contributed by atoms with van der Waals surface area (Å²) in [5.41, 5.74) is 0.402. The van der Waals surface area contributed by atoms with E-state index in [0.717, 1.165) is 12.8 Å². The van der Waals surface area contributed by atoms with Crippen molar-refractivity contribution in [3.05, 3.63) is 29.6 Å². The highest BCUT2D eigenvalue weighted by atomic mass is 32.2. The molecule has 2 aliphatic heterocycles. The van der Waals surface area contributed by atoms with Gasteiger partial charge in [-0.05, 0) is 37.8 Å². The number of ether oxygens (including phenoxy) is 1. The third-order valence-corrected chi connectivity index (χ3v) is 5.72. The summed E-state index contributed by atoms with van der Waals surface area (Å²) in [4.78, 5) is 12.6. The molecule has 2 bridgehead atoms. The van der Waals surface area contributed by atoms with Crippen molar-refractivity contribution in [3.8, 4) is 5.75 Å². The lowest BCUT2D eigenvalue weighted by Gasteiger charge is -2.26. The van der Waals surface area contributed by atoms with Gasteiger partial charge in [-0.15, -0.1) is 0 Å². The van der Waals surface area contributed by atoms with Crippen LogP contribution >= 0.6 is 11.8 Å². The molecule has 0 saturated carbocycles. The molecular formula is C15H17FO2S. The van der Waals surface area contributed by atoms with E-state index in [-0.39, 0.29) is 17.5 Å². The number of carbonyl (C=O) groups excluding carboxylic acids is 1. The highest BCUT2D eigenvalue weighted by molar-refractivity contribution is 8.00. The molecule has 2 nitrogen and oxygen atoms in total. The third-order valence-electron chi connectivity index (χ3n) is 4.10. The highest BCUT2D eigenvalue weighted by Crippen LogP contribution is 2.47. The molecule has 2 atom stereocenters. The zero-order chi connectivity index (χ0) is 13.4. The molecule has 0 aromatic heterocycles. The van der Waals surface area contributed by atoms with E-state index < -0.39 is 5.82 Å². The van der Waals surface area contributed by atoms with Crippen molar-refractivity contribution in [2.75, 3.05) is 7.11 Å². The minimum Gasteiger partial charge on any atom is -0.493 e. The van der Waals surface area contributed by atoms with Gasteiger partial charge in [0.1, 0.15) is 0 Å². The van der Waals surface area contributed by atoms with Gasteiger partial charge in [-0.2, -0.15) is 11.8 Å². The summed E-state index contributed by atoms with van der Waals surface area (Å²) in [6, 6.07) is 4.58. The highest BCUT2D eigenvalue weighted by Gasteiger charge is 2.38. The number of hydrogen-bond donors (Lipinski definition) is 0. The molecule has 102 valence electrons. The van der Waals surface area contributed by atoms with E-state index in [2.05, 4.69) is 0 Å². The molecule has 4 heteroatoms. The van der Waals surface area contributed by atoms with Crippen LogP contribution in [0.15, 0.2) is 18.2 Å². The largest absolute Gasteiger partial charge is 0.493 e. The fourth-order valence-electron chi connectivity index (χ4n) is 3.20. The molecule has 2 heterocycles. The quantitative estimate of drug-likeness (QED) is 0.790. The number of para-hydroxylation sites is 1. The van der Waals surface area contributed by atoms with Gasteiger partial charge in [0.2, 0.25) is 0 Å². The maximum Gasteiger partial charge on any atom is 0.169 e. The van der Waals surface area contributed by atoms with Gasteiger partial charge in [0, 0.05) is 16.4 Å². The molecule has 3 rings (SSSR count). The lowest BCUT2D eigenvalue weighted by atomic mass is 9.90. The van der Waals surface area contributed by atoms with Crippen molar-refractivity contribution in [1.29, 1.82) is 0 Å². The van der Waals surface area contributed by atoms with Gasteiger partial charge in [-0.25, -0.2) is 4.39 Å². The average Bonchev–Trinajstić information content (AvgIpc) is 2.76. The average molecular weight is 280 g/mol. The van der Waals surface area contributed by atoms with Gasteiger partial charge in [0.25, 0.3) is 0 Å². The van der Waals surface area contributed by atoms with E-state index in [9.17, 15) is 9.18 Å². The number of carbonyl (C=O) groups is 1. The smallest absolute Gasteiger partial charge is 0.169 e. The maximum atomic E-state index is 13.7. The number of Topliss-reactive ketones (excluding diaryl/α,β-unsaturated/α-hetero) is 1. The van der Waals surface area contributed by atoms with Crippen LogP contribution in [0.4, 0.5) is 4.39 Å². The minimum absolute atomic E-state index is 0.0365. The summed E-state index contributed by atoms with van der Waals surface area (Å²) < 4.78 is 18.7. The van der Waals surface area contributed by atoms with E-state index in [1.165, 1.54) is 26.0 Å². The lowest BCUT2D eigenvalue weighted by molar-refractivity contribution is 0.0903. The van der Waals surface area contributed by atoms with Crippen LogP contribution in [-0.2, 0) is 0 Å². The van der Waals surface area contributed by atoms with Crippen molar-refractivity contribution < 1.29 is 13.9 Å². The van der Waals surface area contributed by atoms with Crippen LogP contribution in [0.25, 0.3) is 0 Å². The molecule has 0 radical (unpaired) electrons. The second-order valence-corrected chi connectivity index (χ2v) is 6.92. The zero-order valence-electron chi connectivity index (χ0n) is 10.9. The maximum absolute atomic E-state index is 13.7. The zero-order valence-corrected chi connectivity index (χ0v) is 11.7. The monoisotopic (exact) mass is 280 g/mol. The molecule has 2 unspecified atom stereocenters. The van der Waals surface area contributed by atoms with Crippen LogP contribution in [0.1, 0.15) is 36.0 Å². The Morgan fingerprint density at radius 3 is 2.63 bits per heavy atom. The molecule has 1 aromatic rings. The van der Waals surface area contributed by atoms with E-state index in [1.54, 1.807) is 12.1 Å². The molecule has 0 spiro atoms. The van der Waals surface area contributed by atoms with E-state index in [0.29, 0.717) is 16.1 Å². The Hall–Kier alpha value is -1.03. The molecular weight excluding hydrogens is 263 g/mol. The Morgan fingerprint density at radius 2 is 2.00 bits per heavy atom. The predicted molar refractivity (Wildman–Crippen MR) is 74.4 cm³/mol.